The number of halogens is 2. The van der Waals surface area contributed by atoms with E-state index in [9.17, 15) is 15.0 Å². The second-order valence-corrected chi connectivity index (χ2v) is 8.15. The second kappa shape index (κ2) is 7.83. The fourth-order valence-corrected chi connectivity index (χ4v) is 4.33. The summed E-state index contributed by atoms with van der Waals surface area (Å²) in [6, 6.07) is 11.5. The first-order valence-electron chi connectivity index (χ1n) is 7.29. The first-order valence-corrected chi connectivity index (χ1v) is 9.45. The maximum Gasteiger partial charge on any atom is 0.311 e. The van der Waals surface area contributed by atoms with Crippen LogP contribution < -0.4 is 0 Å². The van der Waals surface area contributed by atoms with Crippen LogP contribution in [0.3, 0.4) is 0 Å². The largest absolute Gasteiger partial charge is 0.506 e. The van der Waals surface area contributed by atoms with Crippen LogP contribution in [0.4, 0.5) is 0 Å². The van der Waals surface area contributed by atoms with Gasteiger partial charge in [0.15, 0.2) is 0 Å². The molecular weight excluding hydrogens is 518 g/mol. The molecule has 5 heteroatoms. The highest BCUT2D eigenvalue weighted by Gasteiger charge is 2.21. The number of aromatic hydroxyl groups is 1. The van der Waals surface area contributed by atoms with Crippen LogP contribution in [0.25, 0.3) is 0 Å². The van der Waals surface area contributed by atoms with Gasteiger partial charge in [0.25, 0.3) is 0 Å². The van der Waals surface area contributed by atoms with Crippen LogP contribution in [-0.4, -0.2) is 16.2 Å². The van der Waals surface area contributed by atoms with Gasteiger partial charge in [-0.3, -0.25) is 4.79 Å². The molecule has 2 rings (SSSR count). The fraction of sp³-hybridized carbons (Fsp3) is 0.278. The Kier molecular flexibility index (Phi) is 6.30. The van der Waals surface area contributed by atoms with Crippen molar-refractivity contribution in [1.82, 2.24) is 0 Å². The summed E-state index contributed by atoms with van der Waals surface area (Å²) in [7, 11) is 0. The van der Waals surface area contributed by atoms with Crippen LogP contribution in [0.1, 0.15) is 42.4 Å². The SMILES string of the molecule is CC(C)c1ccc([C@@H](Cc2cc(I)c(O)c(I)c2)C(=O)O)cc1. The van der Waals surface area contributed by atoms with Crippen molar-refractivity contribution >= 4 is 51.2 Å². The molecule has 2 N–H and O–H groups in total. The molecular formula is C18H18I2O3. The maximum absolute atomic E-state index is 11.7. The molecule has 0 heterocycles. The standard InChI is InChI=1S/C18H18I2O3/c1-10(2)12-3-5-13(6-4-12)14(18(22)23)7-11-8-15(19)17(21)16(20)9-11/h3-6,8-10,14,21H,7H2,1-2H3,(H,22,23)/t14-/m1/s1. The molecule has 0 saturated heterocycles. The van der Waals surface area contributed by atoms with Crippen molar-refractivity contribution in [3.63, 3.8) is 0 Å². The van der Waals surface area contributed by atoms with E-state index in [0.29, 0.717) is 12.3 Å². The number of rotatable bonds is 5. The number of phenols is 1. The Morgan fingerprint density at radius 3 is 1.96 bits per heavy atom. The Bertz CT molecular complexity index is 686. The van der Waals surface area contributed by atoms with Gasteiger partial charge in [-0.2, -0.15) is 0 Å². The van der Waals surface area contributed by atoms with E-state index in [4.69, 9.17) is 0 Å². The minimum atomic E-state index is -0.833. The van der Waals surface area contributed by atoms with Crippen molar-refractivity contribution in [2.45, 2.75) is 32.1 Å². The van der Waals surface area contributed by atoms with Crippen LogP contribution in [0.15, 0.2) is 36.4 Å². The number of hydrogen-bond acceptors (Lipinski definition) is 2. The highest BCUT2D eigenvalue weighted by molar-refractivity contribution is 14.1. The zero-order valence-corrected chi connectivity index (χ0v) is 17.2. The van der Waals surface area contributed by atoms with Crippen molar-refractivity contribution in [2.24, 2.45) is 0 Å². The zero-order valence-electron chi connectivity index (χ0n) is 12.9. The van der Waals surface area contributed by atoms with Crippen molar-refractivity contribution in [1.29, 1.82) is 0 Å². The predicted octanol–water partition coefficient (Wildman–Crippen LogP) is 5.14. The summed E-state index contributed by atoms with van der Waals surface area (Å²) < 4.78 is 1.48. The smallest absolute Gasteiger partial charge is 0.311 e. The molecule has 0 aliphatic rings. The highest BCUT2D eigenvalue weighted by atomic mass is 127. The van der Waals surface area contributed by atoms with Gasteiger partial charge < -0.3 is 10.2 Å². The van der Waals surface area contributed by atoms with Crippen molar-refractivity contribution < 1.29 is 15.0 Å². The lowest BCUT2D eigenvalue weighted by Gasteiger charge is -2.15. The van der Waals surface area contributed by atoms with Crippen molar-refractivity contribution in [2.75, 3.05) is 0 Å². The van der Waals surface area contributed by atoms with Gasteiger partial charge in [-0.25, -0.2) is 0 Å². The van der Waals surface area contributed by atoms with E-state index in [1.807, 2.05) is 36.4 Å². The molecule has 0 spiro atoms. The lowest BCUT2D eigenvalue weighted by Crippen LogP contribution is -2.14. The molecule has 1 atom stereocenters. The summed E-state index contributed by atoms with van der Waals surface area (Å²) in [6.07, 6.45) is 0.405. The molecule has 0 unspecified atom stereocenters. The summed E-state index contributed by atoms with van der Waals surface area (Å²) in [5.74, 6) is -0.747. The quantitative estimate of drug-likeness (QED) is 0.521. The third-order valence-electron chi connectivity index (χ3n) is 3.82. The number of benzene rings is 2. The average molecular weight is 536 g/mol. The minimum Gasteiger partial charge on any atom is -0.506 e. The van der Waals surface area contributed by atoms with Crippen LogP contribution in [0, 0.1) is 7.14 Å². The molecule has 0 aliphatic heterocycles. The van der Waals surface area contributed by atoms with Crippen molar-refractivity contribution in [3.8, 4) is 5.75 Å². The number of carbonyl (C=O) groups is 1. The summed E-state index contributed by atoms with van der Waals surface area (Å²) >= 11 is 4.13. The normalized spacial score (nSPS) is 12.4. The highest BCUT2D eigenvalue weighted by Crippen LogP contribution is 2.30. The van der Waals surface area contributed by atoms with E-state index < -0.39 is 11.9 Å². The Hall–Kier alpha value is -0.830. The molecule has 0 aliphatic carbocycles. The number of phenolic OH excluding ortho intramolecular Hbond substituents is 1. The van der Waals surface area contributed by atoms with Gasteiger partial charge in [-0.1, -0.05) is 38.1 Å². The van der Waals surface area contributed by atoms with E-state index in [-0.39, 0.29) is 5.75 Å². The topological polar surface area (TPSA) is 57.5 Å². The minimum absolute atomic E-state index is 0.253. The molecule has 122 valence electrons. The maximum atomic E-state index is 11.7. The molecule has 23 heavy (non-hydrogen) atoms. The monoisotopic (exact) mass is 536 g/mol. The molecule has 0 radical (unpaired) electrons. The first kappa shape index (κ1) is 18.5. The third-order valence-corrected chi connectivity index (χ3v) is 5.46. The molecule has 2 aromatic rings. The summed E-state index contributed by atoms with van der Waals surface area (Å²) in [4.78, 5) is 11.7. The molecule has 0 aromatic heterocycles. The summed E-state index contributed by atoms with van der Waals surface area (Å²) in [5.41, 5.74) is 2.92. The molecule has 0 fully saturated rings. The number of carboxylic acids is 1. The lowest BCUT2D eigenvalue weighted by molar-refractivity contribution is -0.138. The van der Waals surface area contributed by atoms with Gasteiger partial charge in [-0.15, -0.1) is 0 Å². The van der Waals surface area contributed by atoms with Gasteiger partial charge in [0.05, 0.1) is 13.1 Å². The third kappa shape index (κ3) is 4.59. The molecule has 0 amide bonds. The van der Waals surface area contributed by atoms with Crippen LogP contribution in [0.5, 0.6) is 5.75 Å². The Balaban J connectivity index is 2.31. The van der Waals surface area contributed by atoms with Gasteiger partial charge in [0, 0.05) is 0 Å². The Labute approximate surface area is 163 Å². The predicted molar refractivity (Wildman–Crippen MR) is 108 cm³/mol. The Morgan fingerprint density at radius 1 is 1.04 bits per heavy atom. The molecule has 0 saturated carbocycles. The first-order chi connectivity index (χ1) is 10.8. The van der Waals surface area contributed by atoms with Gasteiger partial charge in [0.1, 0.15) is 5.75 Å². The van der Waals surface area contributed by atoms with E-state index in [0.717, 1.165) is 18.3 Å². The number of aliphatic carboxylic acids is 1. The van der Waals surface area contributed by atoms with E-state index in [2.05, 4.69) is 59.0 Å². The van der Waals surface area contributed by atoms with E-state index in [1.165, 1.54) is 5.56 Å². The van der Waals surface area contributed by atoms with Crippen LogP contribution in [0.2, 0.25) is 0 Å². The van der Waals surface area contributed by atoms with E-state index in [1.54, 1.807) is 0 Å². The zero-order chi connectivity index (χ0) is 17.1. The van der Waals surface area contributed by atoms with Gasteiger partial charge in [-0.05, 0) is 86.3 Å². The Morgan fingerprint density at radius 2 is 1.52 bits per heavy atom. The number of carboxylic acid groups (broad SMARTS) is 1. The van der Waals surface area contributed by atoms with Gasteiger partial charge >= 0.3 is 5.97 Å². The lowest BCUT2D eigenvalue weighted by atomic mass is 9.90. The molecule has 3 nitrogen and oxygen atoms in total. The summed E-state index contributed by atoms with van der Waals surface area (Å²) in [6.45, 7) is 4.23. The summed E-state index contributed by atoms with van der Waals surface area (Å²) in [5, 5.41) is 19.4. The number of hydrogen-bond donors (Lipinski definition) is 2. The van der Waals surface area contributed by atoms with E-state index >= 15 is 0 Å². The molecule has 0 bridgehead atoms. The van der Waals surface area contributed by atoms with Crippen LogP contribution >= 0.6 is 45.2 Å². The van der Waals surface area contributed by atoms with Crippen molar-refractivity contribution in [3.05, 3.63) is 60.2 Å². The second-order valence-electron chi connectivity index (χ2n) is 5.82. The van der Waals surface area contributed by atoms with Gasteiger partial charge in [0.2, 0.25) is 0 Å². The average Bonchev–Trinajstić information content (AvgIpc) is 2.50. The van der Waals surface area contributed by atoms with Crippen LogP contribution in [-0.2, 0) is 11.2 Å². The fourth-order valence-electron chi connectivity index (χ4n) is 2.43. The molecule has 2 aromatic carbocycles.